The smallest absolute Gasteiger partial charge is 0.413 e. The van der Waals surface area contributed by atoms with E-state index in [4.69, 9.17) is 9.15 Å². The van der Waals surface area contributed by atoms with E-state index in [-0.39, 0.29) is 13.2 Å². The molecule has 0 aliphatic heterocycles. The Morgan fingerprint density at radius 1 is 1.21 bits per heavy atom. The summed E-state index contributed by atoms with van der Waals surface area (Å²) in [6, 6.07) is 12.0. The summed E-state index contributed by atoms with van der Waals surface area (Å²) in [7, 11) is 0. The molecule has 28 heavy (non-hydrogen) atoms. The van der Waals surface area contributed by atoms with Crippen LogP contribution in [0.5, 0.6) is 0 Å². The van der Waals surface area contributed by atoms with Crippen LogP contribution in [-0.2, 0) is 30.2 Å². The highest BCUT2D eigenvalue weighted by Gasteiger charge is 2.28. The molecule has 0 radical (unpaired) electrons. The third-order valence-corrected chi connectivity index (χ3v) is 4.14. The Balaban J connectivity index is 1.54. The first kappa shape index (κ1) is 19.6. The molecule has 148 valence electrons. The van der Waals surface area contributed by atoms with Crippen molar-refractivity contribution in [2.24, 2.45) is 0 Å². The first-order chi connectivity index (χ1) is 13.3. The number of halogens is 2. The number of aromatic nitrogens is 2. The van der Waals surface area contributed by atoms with Crippen LogP contribution in [0.15, 0.2) is 53.1 Å². The van der Waals surface area contributed by atoms with Crippen LogP contribution < -0.4 is 5.32 Å². The fourth-order valence-corrected chi connectivity index (χ4v) is 2.70. The zero-order chi connectivity index (χ0) is 20.1. The molecule has 0 atom stereocenters. The number of benzene rings is 1. The molecule has 0 saturated carbocycles. The van der Waals surface area contributed by atoms with Gasteiger partial charge in [-0.1, -0.05) is 31.2 Å². The van der Waals surface area contributed by atoms with Gasteiger partial charge in [-0.3, -0.25) is 10.00 Å². The van der Waals surface area contributed by atoms with Crippen LogP contribution in [0.2, 0.25) is 0 Å². The number of furan rings is 1. The topological polar surface area (TPSA) is 69.3 Å². The van der Waals surface area contributed by atoms with Gasteiger partial charge in [0.05, 0.1) is 6.54 Å². The van der Waals surface area contributed by atoms with Gasteiger partial charge in [0.1, 0.15) is 12.4 Å². The fraction of sp³-hybridized carbons (Fsp3) is 0.300. The highest BCUT2D eigenvalue weighted by atomic mass is 19.3. The molecule has 0 spiro atoms. The van der Waals surface area contributed by atoms with Crippen LogP contribution in [0.4, 0.5) is 19.4 Å². The van der Waals surface area contributed by atoms with Crippen LogP contribution >= 0.6 is 0 Å². The number of aryl methyl sites for hydroxylation is 1. The molecule has 2 heterocycles. The van der Waals surface area contributed by atoms with Gasteiger partial charge < -0.3 is 9.15 Å². The summed E-state index contributed by atoms with van der Waals surface area (Å²) in [6.07, 6.45) is 1.83. The van der Waals surface area contributed by atoms with Gasteiger partial charge in [-0.2, -0.15) is 13.9 Å². The predicted octanol–water partition coefficient (Wildman–Crippen LogP) is 4.95. The Morgan fingerprint density at radius 3 is 2.64 bits per heavy atom. The number of rotatable bonds is 7. The second-order valence-corrected chi connectivity index (χ2v) is 6.38. The Morgan fingerprint density at radius 2 is 1.96 bits per heavy atom. The zero-order valence-corrected chi connectivity index (χ0v) is 15.6. The van der Waals surface area contributed by atoms with E-state index in [1.54, 1.807) is 12.3 Å². The van der Waals surface area contributed by atoms with Crippen molar-refractivity contribution < 1.29 is 22.7 Å². The summed E-state index contributed by atoms with van der Waals surface area (Å²) >= 11 is 0. The molecule has 1 N–H and O–H groups in total. The molecular weight excluding hydrogens is 368 g/mol. The SMILES string of the molecule is CCc1ccccc1COC(=O)Nc1ccn(Cc2ccc(C(C)(F)F)o2)n1. The first-order valence-corrected chi connectivity index (χ1v) is 8.86. The van der Waals surface area contributed by atoms with Gasteiger partial charge in [-0.15, -0.1) is 0 Å². The van der Waals surface area contributed by atoms with E-state index in [2.05, 4.69) is 10.4 Å². The van der Waals surface area contributed by atoms with E-state index in [0.29, 0.717) is 11.6 Å². The van der Waals surface area contributed by atoms with Crippen molar-refractivity contribution in [3.8, 4) is 0 Å². The molecule has 0 bridgehead atoms. The molecule has 3 rings (SSSR count). The first-order valence-electron chi connectivity index (χ1n) is 8.86. The van der Waals surface area contributed by atoms with Crippen molar-refractivity contribution in [1.29, 1.82) is 0 Å². The van der Waals surface area contributed by atoms with Crippen molar-refractivity contribution in [1.82, 2.24) is 9.78 Å². The number of nitrogens with zero attached hydrogens (tertiary/aromatic N) is 2. The van der Waals surface area contributed by atoms with Gasteiger partial charge in [0.15, 0.2) is 11.6 Å². The molecule has 0 unspecified atom stereocenters. The fourth-order valence-electron chi connectivity index (χ4n) is 2.70. The lowest BCUT2D eigenvalue weighted by atomic mass is 10.1. The maximum atomic E-state index is 13.2. The molecule has 8 heteroatoms. The van der Waals surface area contributed by atoms with E-state index < -0.39 is 17.8 Å². The minimum Gasteiger partial charge on any atom is -0.458 e. The number of hydrogen-bond acceptors (Lipinski definition) is 4. The molecule has 3 aromatic rings. The molecule has 0 aliphatic rings. The van der Waals surface area contributed by atoms with Gasteiger partial charge >= 0.3 is 12.0 Å². The van der Waals surface area contributed by atoms with E-state index in [1.165, 1.54) is 16.8 Å². The number of carbonyl (C=O) groups is 1. The molecule has 0 saturated heterocycles. The predicted molar refractivity (Wildman–Crippen MR) is 99.2 cm³/mol. The van der Waals surface area contributed by atoms with Crippen molar-refractivity contribution in [3.05, 3.63) is 71.3 Å². The van der Waals surface area contributed by atoms with Gasteiger partial charge in [0.25, 0.3) is 0 Å². The minimum atomic E-state index is -3.03. The average molecular weight is 389 g/mol. The normalized spacial score (nSPS) is 11.4. The van der Waals surface area contributed by atoms with E-state index in [9.17, 15) is 13.6 Å². The molecule has 1 amide bonds. The number of hydrogen-bond donors (Lipinski definition) is 1. The summed E-state index contributed by atoms with van der Waals surface area (Å²) in [4.78, 5) is 12.0. The second-order valence-electron chi connectivity index (χ2n) is 6.38. The Labute approximate surface area is 161 Å². The highest BCUT2D eigenvalue weighted by Crippen LogP contribution is 2.28. The Hall–Kier alpha value is -3.16. The number of amides is 1. The summed E-state index contributed by atoms with van der Waals surface area (Å²) < 4.78 is 38.3. The number of carbonyl (C=O) groups excluding carboxylic acids is 1. The van der Waals surface area contributed by atoms with Crippen molar-refractivity contribution >= 4 is 11.9 Å². The number of nitrogens with one attached hydrogen (secondary N) is 1. The molecule has 6 nitrogen and oxygen atoms in total. The van der Waals surface area contributed by atoms with Crippen LogP contribution in [0.1, 0.15) is 36.5 Å². The van der Waals surface area contributed by atoms with Crippen molar-refractivity contribution in [2.75, 3.05) is 5.32 Å². The number of anilines is 1. The lowest BCUT2D eigenvalue weighted by molar-refractivity contribution is -0.00636. The molecule has 0 fully saturated rings. The molecule has 0 aliphatic carbocycles. The molecule has 1 aromatic carbocycles. The monoisotopic (exact) mass is 389 g/mol. The van der Waals surface area contributed by atoms with Crippen molar-refractivity contribution in [2.45, 2.75) is 39.3 Å². The largest absolute Gasteiger partial charge is 0.458 e. The highest BCUT2D eigenvalue weighted by molar-refractivity contribution is 5.83. The summed E-state index contributed by atoms with van der Waals surface area (Å²) in [5.74, 6) is -2.80. The lowest BCUT2D eigenvalue weighted by Crippen LogP contribution is -2.14. The third-order valence-electron chi connectivity index (χ3n) is 4.14. The molecular formula is C20H21F2N3O3. The van der Waals surface area contributed by atoms with Gasteiger partial charge in [-0.25, -0.2) is 4.79 Å². The zero-order valence-electron chi connectivity index (χ0n) is 15.6. The quantitative estimate of drug-likeness (QED) is 0.621. The Bertz CT molecular complexity index is 944. The maximum absolute atomic E-state index is 13.2. The van der Waals surface area contributed by atoms with Gasteiger partial charge in [0, 0.05) is 19.2 Å². The van der Waals surface area contributed by atoms with E-state index in [1.807, 2.05) is 31.2 Å². The number of ether oxygens (including phenoxy) is 1. The average Bonchev–Trinajstić information content (AvgIpc) is 3.30. The van der Waals surface area contributed by atoms with Crippen LogP contribution in [0.25, 0.3) is 0 Å². The summed E-state index contributed by atoms with van der Waals surface area (Å²) in [6.45, 7) is 3.14. The van der Waals surface area contributed by atoms with E-state index in [0.717, 1.165) is 24.5 Å². The second kappa shape index (κ2) is 8.24. The molecule has 2 aromatic heterocycles. The van der Waals surface area contributed by atoms with E-state index >= 15 is 0 Å². The van der Waals surface area contributed by atoms with Crippen LogP contribution in [-0.4, -0.2) is 15.9 Å². The number of alkyl halides is 2. The minimum absolute atomic E-state index is 0.163. The van der Waals surface area contributed by atoms with Gasteiger partial charge in [-0.05, 0) is 29.7 Å². The lowest BCUT2D eigenvalue weighted by Gasteiger charge is -2.08. The van der Waals surface area contributed by atoms with Crippen LogP contribution in [0.3, 0.4) is 0 Å². The maximum Gasteiger partial charge on any atom is 0.413 e. The summed E-state index contributed by atoms with van der Waals surface area (Å²) in [5.41, 5.74) is 2.07. The van der Waals surface area contributed by atoms with Crippen LogP contribution in [0, 0.1) is 0 Å². The van der Waals surface area contributed by atoms with Crippen molar-refractivity contribution in [3.63, 3.8) is 0 Å². The standard InChI is InChI=1S/C20H21F2N3O3/c1-3-14-6-4-5-7-15(14)13-27-19(26)23-18-10-11-25(24-18)12-16-8-9-17(28-16)20(2,21)22/h4-11H,3,12-13H2,1-2H3,(H,23,24,26). The third kappa shape index (κ3) is 4.97. The van der Waals surface area contributed by atoms with Gasteiger partial charge in [0.2, 0.25) is 0 Å². The summed E-state index contributed by atoms with van der Waals surface area (Å²) in [5, 5.41) is 6.70. The Kier molecular flexibility index (Phi) is 5.77.